The van der Waals surface area contributed by atoms with E-state index in [9.17, 15) is 19.7 Å². The van der Waals surface area contributed by atoms with Crippen LogP contribution in [0, 0.1) is 10.1 Å². The number of aromatic nitrogens is 3. The summed E-state index contributed by atoms with van der Waals surface area (Å²) in [5, 5.41) is 15.7. The van der Waals surface area contributed by atoms with Gasteiger partial charge in [-0.1, -0.05) is 23.9 Å². The van der Waals surface area contributed by atoms with Crippen molar-refractivity contribution >= 4 is 39.8 Å². The van der Waals surface area contributed by atoms with Gasteiger partial charge < -0.3 is 9.88 Å². The van der Waals surface area contributed by atoms with Crippen LogP contribution in [0.5, 0.6) is 0 Å². The molecule has 1 amide bonds. The van der Waals surface area contributed by atoms with Crippen LogP contribution in [0.4, 0.5) is 10.8 Å². The average molecular weight is 431 g/mol. The van der Waals surface area contributed by atoms with E-state index in [4.69, 9.17) is 0 Å². The SMILES string of the molecule is CCn1ccc(=O)nc1SC(C)C(=O)Nc1nc(-c2cccc([N+](=O)[O-])c2)cs1. The van der Waals surface area contributed by atoms with Gasteiger partial charge in [0.05, 0.1) is 15.9 Å². The van der Waals surface area contributed by atoms with Crippen LogP contribution < -0.4 is 10.9 Å². The summed E-state index contributed by atoms with van der Waals surface area (Å²) in [5.41, 5.74) is 0.757. The van der Waals surface area contributed by atoms with Gasteiger partial charge in [-0.05, 0) is 13.8 Å². The number of aryl methyl sites for hydroxylation is 1. The van der Waals surface area contributed by atoms with Crippen molar-refractivity contribution < 1.29 is 9.72 Å². The average Bonchev–Trinajstić information content (AvgIpc) is 3.16. The fourth-order valence-corrected chi connectivity index (χ4v) is 4.08. The predicted octanol–water partition coefficient (Wildman–Crippen LogP) is 3.41. The standard InChI is InChI=1S/C18H17N5O4S2/c1-3-22-8-7-15(24)20-18(22)29-11(2)16(25)21-17-19-14(10-28-17)12-5-4-6-13(9-12)23(26)27/h4-11H,3H2,1-2H3,(H,19,21,25). The zero-order valence-electron chi connectivity index (χ0n) is 15.6. The highest BCUT2D eigenvalue weighted by atomic mass is 32.2. The van der Waals surface area contributed by atoms with Crippen molar-refractivity contribution in [1.82, 2.24) is 14.5 Å². The molecule has 0 bridgehead atoms. The number of nitrogens with zero attached hydrogens (tertiary/aromatic N) is 4. The van der Waals surface area contributed by atoms with E-state index in [0.29, 0.717) is 28.1 Å². The second kappa shape index (κ2) is 8.97. The number of hydrogen-bond acceptors (Lipinski definition) is 8. The predicted molar refractivity (Wildman–Crippen MR) is 112 cm³/mol. The normalized spacial score (nSPS) is 11.8. The number of nitro groups is 1. The molecule has 1 unspecified atom stereocenters. The molecule has 2 aromatic heterocycles. The number of rotatable bonds is 7. The molecule has 0 aliphatic carbocycles. The number of carbonyl (C=O) groups is 1. The second-order valence-electron chi connectivity index (χ2n) is 5.93. The van der Waals surface area contributed by atoms with Crippen LogP contribution >= 0.6 is 23.1 Å². The van der Waals surface area contributed by atoms with Gasteiger partial charge in [0.25, 0.3) is 11.2 Å². The van der Waals surface area contributed by atoms with Crippen molar-refractivity contribution in [3.8, 4) is 11.3 Å². The Morgan fingerprint density at radius 2 is 2.17 bits per heavy atom. The molecule has 3 rings (SSSR count). The fraction of sp³-hybridized carbons (Fsp3) is 0.222. The highest BCUT2D eigenvalue weighted by Crippen LogP contribution is 2.28. The van der Waals surface area contributed by atoms with Crippen LogP contribution in [0.2, 0.25) is 0 Å². The number of hydrogen-bond donors (Lipinski definition) is 1. The summed E-state index contributed by atoms with van der Waals surface area (Å²) in [4.78, 5) is 42.8. The van der Waals surface area contributed by atoms with E-state index in [1.807, 2.05) is 6.92 Å². The summed E-state index contributed by atoms with van der Waals surface area (Å²) in [6.07, 6.45) is 1.65. The number of carbonyl (C=O) groups excluding carboxylic acids is 1. The molecule has 0 aliphatic heterocycles. The number of amides is 1. The molecule has 0 saturated carbocycles. The van der Waals surface area contributed by atoms with Crippen molar-refractivity contribution in [3.05, 3.63) is 62.4 Å². The summed E-state index contributed by atoms with van der Waals surface area (Å²) in [6, 6.07) is 7.53. The summed E-state index contributed by atoms with van der Waals surface area (Å²) in [5.74, 6) is -0.282. The molecule has 150 valence electrons. The van der Waals surface area contributed by atoms with Gasteiger partial charge in [0.1, 0.15) is 0 Å². The summed E-state index contributed by atoms with van der Waals surface area (Å²) < 4.78 is 1.79. The third kappa shape index (κ3) is 5.06. The van der Waals surface area contributed by atoms with Gasteiger partial charge in [-0.15, -0.1) is 11.3 Å². The first-order chi connectivity index (χ1) is 13.9. The van der Waals surface area contributed by atoms with Crippen LogP contribution in [0.3, 0.4) is 0 Å². The van der Waals surface area contributed by atoms with Gasteiger partial charge >= 0.3 is 0 Å². The zero-order valence-corrected chi connectivity index (χ0v) is 17.2. The van der Waals surface area contributed by atoms with Crippen LogP contribution in [-0.2, 0) is 11.3 Å². The number of anilines is 1. The third-order valence-electron chi connectivity index (χ3n) is 3.93. The molecule has 0 fully saturated rings. The molecule has 1 atom stereocenters. The number of non-ortho nitro benzene ring substituents is 1. The van der Waals surface area contributed by atoms with Gasteiger partial charge in [0, 0.05) is 41.9 Å². The van der Waals surface area contributed by atoms with Gasteiger partial charge in [-0.2, -0.15) is 4.98 Å². The first-order valence-electron chi connectivity index (χ1n) is 8.62. The molecule has 0 saturated heterocycles. The highest BCUT2D eigenvalue weighted by Gasteiger charge is 2.19. The zero-order chi connectivity index (χ0) is 21.0. The van der Waals surface area contributed by atoms with Gasteiger partial charge in [0.15, 0.2) is 10.3 Å². The lowest BCUT2D eigenvalue weighted by atomic mass is 10.1. The Kier molecular flexibility index (Phi) is 6.39. The Balaban J connectivity index is 1.70. The maximum absolute atomic E-state index is 12.5. The minimum absolute atomic E-state index is 0.0246. The molecule has 0 aliphatic rings. The topological polar surface area (TPSA) is 120 Å². The van der Waals surface area contributed by atoms with Gasteiger partial charge in [-0.25, -0.2) is 4.98 Å². The maximum Gasteiger partial charge on any atom is 0.273 e. The Labute approximate surface area is 174 Å². The number of nitro benzene ring substituents is 1. The number of thioether (sulfide) groups is 1. The molecule has 29 heavy (non-hydrogen) atoms. The number of nitrogens with one attached hydrogen (secondary N) is 1. The van der Waals surface area contributed by atoms with Crippen molar-refractivity contribution in [2.75, 3.05) is 5.32 Å². The van der Waals surface area contributed by atoms with Gasteiger partial charge in [0.2, 0.25) is 5.91 Å². The molecule has 1 N–H and O–H groups in total. The van der Waals surface area contributed by atoms with E-state index in [0.717, 1.165) is 0 Å². The van der Waals surface area contributed by atoms with Crippen LogP contribution in [0.25, 0.3) is 11.3 Å². The van der Waals surface area contributed by atoms with Crippen molar-refractivity contribution in [2.24, 2.45) is 0 Å². The summed E-state index contributed by atoms with van der Waals surface area (Å²) >= 11 is 2.41. The maximum atomic E-state index is 12.5. The molecular weight excluding hydrogens is 414 g/mol. The molecule has 11 heteroatoms. The lowest BCUT2D eigenvalue weighted by molar-refractivity contribution is -0.384. The van der Waals surface area contributed by atoms with Crippen LogP contribution in [0.1, 0.15) is 13.8 Å². The first kappa shape index (κ1) is 20.7. The summed E-state index contributed by atoms with van der Waals surface area (Å²) in [6.45, 7) is 4.27. The largest absolute Gasteiger partial charge is 0.328 e. The Morgan fingerprint density at radius 3 is 2.90 bits per heavy atom. The Hall–Kier alpha value is -3.05. The highest BCUT2D eigenvalue weighted by molar-refractivity contribution is 8.00. The van der Waals surface area contributed by atoms with E-state index in [1.165, 1.54) is 41.3 Å². The molecular formula is C18H17N5O4S2. The Bertz CT molecular complexity index is 1110. The smallest absolute Gasteiger partial charge is 0.273 e. The van der Waals surface area contributed by atoms with E-state index in [2.05, 4.69) is 15.3 Å². The van der Waals surface area contributed by atoms with Crippen molar-refractivity contribution in [2.45, 2.75) is 30.8 Å². The number of thiazole rings is 1. The van der Waals surface area contributed by atoms with E-state index in [1.54, 1.807) is 35.2 Å². The van der Waals surface area contributed by atoms with Crippen molar-refractivity contribution in [1.29, 1.82) is 0 Å². The van der Waals surface area contributed by atoms with Crippen molar-refractivity contribution in [3.63, 3.8) is 0 Å². The monoisotopic (exact) mass is 431 g/mol. The van der Waals surface area contributed by atoms with E-state index >= 15 is 0 Å². The first-order valence-corrected chi connectivity index (χ1v) is 10.4. The molecule has 1 aromatic carbocycles. The molecule has 9 nitrogen and oxygen atoms in total. The minimum atomic E-state index is -0.507. The quantitative estimate of drug-likeness (QED) is 0.263. The fourth-order valence-electron chi connectivity index (χ4n) is 2.41. The molecule has 3 aromatic rings. The van der Waals surface area contributed by atoms with E-state index < -0.39 is 10.2 Å². The number of benzene rings is 1. The third-order valence-corrected chi connectivity index (χ3v) is 5.79. The Morgan fingerprint density at radius 1 is 1.38 bits per heavy atom. The molecule has 2 heterocycles. The lowest BCUT2D eigenvalue weighted by Gasteiger charge is -2.13. The second-order valence-corrected chi connectivity index (χ2v) is 8.10. The van der Waals surface area contributed by atoms with Gasteiger partial charge in [-0.3, -0.25) is 19.7 Å². The van der Waals surface area contributed by atoms with Crippen LogP contribution in [-0.4, -0.2) is 30.6 Å². The van der Waals surface area contributed by atoms with Crippen LogP contribution in [0.15, 0.2) is 51.9 Å². The molecule has 0 spiro atoms. The summed E-state index contributed by atoms with van der Waals surface area (Å²) in [7, 11) is 0. The molecule has 0 radical (unpaired) electrons. The van der Waals surface area contributed by atoms with E-state index in [-0.39, 0.29) is 17.2 Å². The minimum Gasteiger partial charge on any atom is -0.328 e. The lowest BCUT2D eigenvalue weighted by Crippen LogP contribution is -2.24.